The van der Waals surface area contributed by atoms with Gasteiger partial charge in [-0.2, -0.15) is 4.98 Å². The molecule has 3 heterocycles. The first-order valence-electron chi connectivity index (χ1n) is 9.46. The largest absolute Gasteiger partial charge is 0.368 e. The Balaban J connectivity index is 1.49. The molecular formula is C21H17ClN6O2. The van der Waals surface area contributed by atoms with Gasteiger partial charge in [-0.25, -0.2) is 9.97 Å². The molecule has 1 fully saturated rings. The molecule has 8 nitrogen and oxygen atoms in total. The number of hydrogen-bond acceptors (Lipinski definition) is 7. The molecule has 0 amide bonds. The molecule has 0 atom stereocenters. The zero-order chi connectivity index (χ0) is 20.7. The van der Waals surface area contributed by atoms with Gasteiger partial charge >= 0.3 is 0 Å². The molecule has 1 aliphatic carbocycles. The van der Waals surface area contributed by atoms with Crippen molar-refractivity contribution >= 4 is 17.5 Å². The monoisotopic (exact) mass is 420 g/mol. The second-order valence-electron chi connectivity index (χ2n) is 7.33. The number of aromatic nitrogens is 5. The van der Waals surface area contributed by atoms with Crippen LogP contribution < -0.4 is 11.3 Å². The minimum Gasteiger partial charge on any atom is -0.368 e. The summed E-state index contributed by atoms with van der Waals surface area (Å²) >= 11 is 6.00. The molecule has 30 heavy (non-hydrogen) atoms. The van der Waals surface area contributed by atoms with Crippen molar-refractivity contribution in [3.8, 4) is 22.6 Å². The topological polar surface area (TPSA) is 124 Å². The summed E-state index contributed by atoms with van der Waals surface area (Å²) in [5.74, 6) is 0.984. The number of pyridine rings is 1. The van der Waals surface area contributed by atoms with Gasteiger partial charge in [0.2, 0.25) is 5.95 Å². The number of aromatic amines is 1. The van der Waals surface area contributed by atoms with E-state index in [9.17, 15) is 4.79 Å². The van der Waals surface area contributed by atoms with Crippen molar-refractivity contribution in [2.75, 3.05) is 5.73 Å². The number of hydrogen-bond donors (Lipinski definition) is 2. The maximum atomic E-state index is 12.1. The van der Waals surface area contributed by atoms with Gasteiger partial charge in [-0.1, -0.05) is 47.4 Å². The lowest BCUT2D eigenvalue weighted by molar-refractivity contribution is 0.273. The Kier molecular flexibility index (Phi) is 4.36. The number of benzene rings is 1. The van der Waals surface area contributed by atoms with Crippen LogP contribution in [0.5, 0.6) is 0 Å². The molecule has 4 aromatic rings. The van der Waals surface area contributed by atoms with Crippen molar-refractivity contribution in [2.24, 2.45) is 0 Å². The lowest BCUT2D eigenvalue weighted by atomic mass is 9.64. The Labute approximate surface area is 176 Å². The normalized spacial score (nSPS) is 15.0. The predicted molar refractivity (Wildman–Crippen MR) is 112 cm³/mol. The fraction of sp³-hybridized carbons (Fsp3) is 0.190. The number of nitrogen functional groups attached to an aromatic ring is 1. The highest BCUT2D eigenvalue weighted by atomic mass is 35.5. The van der Waals surface area contributed by atoms with Gasteiger partial charge in [0, 0.05) is 24.2 Å². The Bertz CT molecular complexity index is 1260. The van der Waals surface area contributed by atoms with E-state index in [2.05, 4.69) is 37.2 Å². The highest BCUT2D eigenvalue weighted by Gasteiger charge is 2.44. The third-order valence-electron chi connectivity index (χ3n) is 5.60. The van der Waals surface area contributed by atoms with Gasteiger partial charge in [0.15, 0.2) is 5.82 Å². The first-order chi connectivity index (χ1) is 14.5. The van der Waals surface area contributed by atoms with Crippen LogP contribution in [0.4, 0.5) is 5.95 Å². The quantitative estimate of drug-likeness (QED) is 0.517. The Morgan fingerprint density at radius 2 is 1.83 bits per heavy atom. The summed E-state index contributed by atoms with van der Waals surface area (Å²) in [4.78, 5) is 27.3. The van der Waals surface area contributed by atoms with E-state index < -0.39 is 0 Å². The SMILES string of the molecule is Nc1ncc(-c2ccc(C3(c4noc(-c5cc(Cl)c[nH]c5=O)n4)CCC3)cc2)cn1. The van der Waals surface area contributed by atoms with Crippen molar-refractivity contribution in [1.29, 1.82) is 0 Å². The highest BCUT2D eigenvalue weighted by Crippen LogP contribution is 2.48. The maximum Gasteiger partial charge on any atom is 0.263 e. The van der Waals surface area contributed by atoms with E-state index >= 15 is 0 Å². The second-order valence-corrected chi connectivity index (χ2v) is 7.76. The molecule has 0 aliphatic heterocycles. The fourth-order valence-corrected chi connectivity index (χ4v) is 3.95. The summed E-state index contributed by atoms with van der Waals surface area (Å²) in [7, 11) is 0. The molecule has 0 spiro atoms. The standard InChI is InChI=1S/C21H17ClN6O2/c22-15-8-16(17(29)24-11-15)18-27-19(28-30-18)21(6-1-7-21)14-4-2-12(3-5-14)13-9-25-20(23)26-10-13/h2-5,8-11H,1,6-7H2,(H,24,29)(H2,23,25,26). The van der Waals surface area contributed by atoms with Crippen LogP contribution >= 0.6 is 11.6 Å². The number of anilines is 1. The zero-order valence-electron chi connectivity index (χ0n) is 15.8. The van der Waals surface area contributed by atoms with Gasteiger partial charge in [0.05, 0.1) is 10.4 Å². The first kappa shape index (κ1) is 18.5. The average Bonchev–Trinajstić information content (AvgIpc) is 3.20. The summed E-state index contributed by atoms with van der Waals surface area (Å²) in [5.41, 5.74) is 8.15. The summed E-state index contributed by atoms with van der Waals surface area (Å²) in [5, 5.41) is 4.60. The van der Waals surface area contributed by atoms with E-state index in [-0.39, 0.29) is 28.4 Å². The first-order valence-corrected chi connectivity index (χ1v) is 9.84. The van der Waals surface area contributed by atoms with Crippen LogP contribution in [-0.2, 0) is 5.41 Å². The molecule has 0 unspecified atom stereocenters. The van der Waals surface area contributed by atoms with E-state index in [4.69, 9.17) is 21.9 Å². The van der Waals surface area contributed by atoms with Crippen molar-refractivity contribution in [3.63, 3.8) is 0 Å². The van der Waals surface area contributed by atoms with Crippen LogP contribution in [0.1, 0.15) is 30.7 Å². The van der Waals surface area contributed by atoms with Crippen LogP contribution in [0.15, 0.2) is 58.2 Å². The lowest BCUT2D eigenvalue weighted by Gasteiger charge is -2.39. The van der Waals surface area contributed by atoms with E-state index in [1.807, 2.05) is 12.1 Å². The average molecular weight is 421 g/mol. The molecule has 3 N–H and O–H groups in total. The van der Waals surface area contributed by atoms with E-state index in [1.54, 1.807) is 12.4 Å². The molecule has 1 saturated carbocycles. The van der Waals surface area contributed by atoms with Crippen molar-refractivity contribution in [3.05, 3.63) is 75.7 Å². The smallest absolute Gasteiger partial charge is 0.263 e. The van der Waals surface area contributed by atoms with E-state index in [0.29, 0.717) is 10.8 Å². The minimum atomic E-state index is -0.330. The minimum absolute atomic E-state index is 0.163. The number of nitrogens with one attached hydrogen (secondary N) is 1. The Morgan fingerprint density at radius 3 is 2.50 bits per heavy atom. The van der Waals surface area contributed by atoms with Crippen molar-refractivity contribution in [1.82, 2.24) is 25.1 Å². The maximum absolute atomic E-state index is 12.1. The van der Waals surface area contributed by atoms with Crippen LogP contribution in [0.25, 0.3) is 22.6 Å². The fourth-order valence-electron chi connectivity index (χ4n) is 3.78. The summed E-state index contributed by atoms with van der Waals surface area (Å²) < 4.78 is 5.43. The van der Waals surface area contributed by atoms with Crippen LogP contribution in [0.2, 0.25) is 5.02 Å². The molecule has 3 aromatic heterocycles. The summed E-state index contributed by atoms with van der Waals surface area (Å²) in [6.45, 7) is 0. The molecule has 0 bridgehead atoms. The number of halogens is 1. The van der Waals surface area contributed by atoms with Crippen LogP contribution in [0, 0.1) is 0 Å². The van der Waals surface area contributed by atoms with Crippen LogP contribution in [0.3, 0.4) is 0 Å². The number of H-pyrrole nitrogens is 1. The Morgan fingerprint density at radius 1 is 1.10 bits per heavy atom. The number of nitrogens with zero attached hydrogens (tertiary/aromatic N) is 4. The third-order valence-corrected chi connectivity index (χ3v) is 5.82. The van der Waals surface area contributed by atoms with E-state index in [0.717, 1.165) is 36.0 Å². The number of rotatable bonds is 4. The predicted octanol–water partition coefficient (Wildman–Crippen LogP) is 3.59. The van der Waals surface area contributed by atoms with Gasteiger partial charge in [-0.3, -0.25) is 4.79 Å². The molecule has 0 radical (unpaired) electrons. The summed E-state index contributed by atoms with van der Waals surface area (Å²) in [6, 6.07) is 9.69. The summed E-state index contributed by atoms with van der Waals surface area (Å²) in [6.07, 6.45) is 7.69. The second kappa shape index (κ2) is 7.07. The molecule has 5 rings (SSSR count). The molecule has 150 valence electrons. The van der Waals surface area contributed by atoms with Crippen molar-refractivity contribution < 1.29 is 4.52 Å². The van der Waals surface area contributed by atoms with Gasteiger partial charge in [-0.05, 0) is 30.0 Å². The molecule has 1 aliphatic rings. The van der Waals surface area contributed by atoms with Gasteiger partial charge in [-0.15, -0.1) is 0 Å². The highest BCUT2D eigenvalue weighted by molar-refractivity contribution is 6.30. The number of nitrogens with two attached hydrogens (primary N) is 1. The molecular weight excluding hydrogens is 404 g/mol. The van der Waals surface area contributed by atoms with Gasteiger partial charge < -0.3 is 15.2 Å². The van der Waals surface area contributed by atoms with Gasteiger partial charge in [0.1, 0.15) is 5.56 Å². The third kappa shape index (κ3) is 3.05. The molecule has 1 aromatic carbocycles. The van der Waals surface area contributed by atoms with Crippen molar-refractivity contribution in [2.45, 2.75) is 24.7 Å². The van der Waals surface area contributed by atoms with Gasteiger partial charge in [0.25, 0.3) is 11.4 Å². The molecule has 0 saturated heterocycles. The van der Waals surface area contributed by atoms with Crippen LogP contribution in [-0.4, -0.2) is 25.1 Å². The zero-order valence-corrected chi connectivity index (χ0v) is 16.6. The lowest BCUT2D eigenvalue weighted by Crippen LogP contribution is -2.36. The Hall–Kier alpha value is -3.52. The van der Waals surface area contributed by atoms with E-state index in [1.165, 1.54) is 12.3 Å². The molecule has 9 heteroatoms.